The van der Waals surface area contributed by atoms with E-state index in [-0.39, 0.29) is 17.6 Å². The summed E-state index contributed by atoms with van der Waals surface area (Å²) in [4.78, 5) is 0. The molecule has 112 valence electrons. The molecule has 0 heterocycles. The Hall–Kier alpha value is -1.65. The quantitative estimate of drug-likeness (QED) is 0.896. The van der Waals surface area contributed by atoms with E-state index in [1.807, 2.05) is 0 Å². The fraction of sp³-hybridized carbons (Fsp3) is 0.250. The van der Waals surface area contributed by atoms with Gasteiger partial charge in [0, 0.05) is 11.1 Å². The number of methoxy groups -OCH3 is 1. The minimum Gasteiger partial charge on any atom is -0.494 e. The van der Waals surface area contributed by atoms with E-state index in [1.54, 1.807) is 31.3 Å². The summed E-state index contributed by atoms with van der Waals surface area (Å²) in [5.41, 5.74) is 1.37. The van der Waals surface area contributed by atoms with Gasteiger partial charge in [0.2, 0.25) is 0 Å². The van der Waals surface area contributed by atoms with Gasteiger partial charge < -0.3 is 10.1 Å². The van der Waals surface area contributed by atoms with Crippen LogP contribution in [0.5, 0.6) is 5.75 Å². The van der Waals surface area contributed by atoms with Crippen LogP contribution in [0.2, 0.25) is 5.02 Å². The van der Waals surface area contributed by atoms with Gasteiger partial charge in [-0.2, -0.15) is 0 Å². The molecule has 1 N–H and O–H groups in total. The Labute approximate surface area is 127 Å². The summed E-state index contributed by atoms with van der Waals surface area (Å²) in [6, 6.07) is 9.05. The highest BCUT2D eigenvalue weighted by molar-refractivity contribution is 6.30. The van der Waals surface area contributed by atoms with Crippen molar-refractivity contribution in [2.75, 3.05) is 14.2 Å². The molecule has 1 atom stereocenters. The summed E-state index contributed by atoms with van der Waals surface area (Å²) < 4.78 is 32.3. The molecular formula is C16H16ClF2NO. The Morgan fingerprint density at radius 2 is 1.90 bits per heavy atom. The Kier molecular flexibility index (Phi) is 5.15. The highest BCUT2D eigenvalue weighted by atomic mass is 35.5. The third kappa shape index (κ3) is 3.71. The fourth-order valence-corrected chi connectivity index (χ4v) is 2.35. The van der Waals surface area contributed by atoms with Crippen LogP contribution >= 0.6 is 11.6 Å². The predicted octanol–water partition coefficient (Wildman–Crippen LogP) is 4.13. The van der Waals surface area contributed by atoms with Gasteiger partial charge in [0.1, 0.15) is 5.82 Å². The average molecular weight is 312 g/mol. The van der Waals surface area contributed by atoms with Gasteiger partial charge in [-0.15, -0.1) is 0 Å². The first-order valence-corrected chi connectivity index (χ1v) is 6.87. The van der Waals surface area contributed by atoms with Crippen LogP contribution in [0, 0.1) is 11.6 Å². The molecule has 0 fully saturated rings. The van der Waals surface area contributed by atoms with Crippen molar-refractivity contribution in [2.24, 2.45) is 0 Å². The van der Waals surface area contributed by atoms with Crippen molar-refractivity contribution in [3.63, 3.8) is 0 Å². The first-order valence-electron chi connectivity index (χ1n) is 6.49. The molecule has 2 aromatic carbocycles. The molecule has 0 radical (unpaired) electrons. The van der Waals surface area contributed by atoms with Crippen LogP contribution in [0.1, 0.15) is 17.2 Å². The lowest BCUT2D eigenvalue weighted by molar-refractivity contribution is 0.385. The van der Waals surface area contributed by atoms with Gasteiger partial charge in [0.15, 0.2) is 11.6 Å². The van der Waals surface area contributed by atoms with E-state index in [2.05, 4.69) is 5.32 Å². The van der Waals surface area contributed by atoms with Crippen LogP contribution in [-0.4, -0.2) is 14.2 Å². The molecule has 0 saturated carbocycles. The number of likely N-dealkylation sites (N-methyl/N-ethyl adjacent to an activating group) is 1. The summed E-state index contributed by atoms with van der Waals surface area (Å²) >= 11 is 5.75. The van der Waals surface area contributed by atoms with Crippen molar-refractivity contribution in [1.82, 2.24) is 5.32 Å². The molecule has 0 saturated heterocycles. The normalized spacial score (nSPS) is 12.2. The molecule has 5 heteroatoms. The van der Waals surface area contributed by atoms with Crippen molar-refractivity contribution in [3.05, 3.63) is 64.2 Å². The Bertz CT molecular complexity index is 634. The molecule has 2 aromatic rings. The number of hydrogen-bond donors (Lipinski definition) is 1. The average Bonchev–Trinajstić information content (AvgIpc) is 2.47. The van der Waals surface area contributed by atoms with Crippen molar-refractivity contribution in [1.29, 1.82) is 0 Å². The number of benzene rings is 2. The van der Waals surface area contributed by atoms with E-state index in [4.69, 9.17) is 16.3 Å². The summed E-state index contributed by atoms with van der Waals surface area (Å²) in [5.74, 6) is -0.602. The van der Waals surface area contributed by atoms with Crippen LogP contribution in [0.15, 0.2) is 36.4 Å². The van der Waals surface area contributed by atoms with Crippen molar-refractivity contribution in [2.45, 2.75) is 12.5 Å². The predicted molar refractivity (Wildman–Crippen MR) is 79.9 cm³/mol. The van der Waals surface area contributed by atoms with E-state index in [1.165, 1.54) is 19.2 Å². The molecule has 0 aliphatic carbocycles. The molecular weight excluding hydrogens is 296 g/mol. The largest absolute Gasteiger partial charge is 0.494 e. The standard InChI is InChI=1S/C16H16ClF2NO/c1-20-15(7-10-3-5-12(17)9-14(10)19)11-4-6-13(18)16(8-11)21-2/h3-6,8-9,15,20H,7H2,1-2H3. The maximum Gasteiger partial charge on any atom is 0.165 e. The highest BCUT2D eigenvalue weighted by Crippen LogP contribution is 2.26. The zero-order valence-corrected chi connectivity index (χ0v) is 12.5. The monoisotopic (exact) mass is 311 g/mol. The Morgan fingerprint density at radius 3 is 2.52 bits per heavy atom. The molecule has 2 rings (SSSR count). The highest BCUT2D eigenvalue weighted by Gasteiger charge is 2.15. The minimum atomic E-state index is -0.422. The first kappa shape index (κ1) is 15.7. The van der Waals surface area contributed by atoms with Crippen molar-refractivity contribution in [3.8, 4) is 5.75 Å². The molecule has 0 aromatic heterocycles. The number of hydrogen-bond acceptors (Lipinski definition) is 2. The van der Waals surface area contributed by atoms with Crippen LogP contribution in [0.3, 0.4) is 0 Å². The van der Waals surface area contributed by atoms with E-state index in [0.29, 0.717) is 17.0 Å². The van der Waals surface area contributed by atoms with E-state index in [9.17, 15) is 8.78 Å². The van der Waals surface area contributed by atoms with Crippen molar-refractivity contribution < 1.29 is 13.5 Å². The Balaban J connectivity index is 2.27. The zero-order valence-electron chi connectivity index (χ0n) is 11.8. The maximum absolute atomic E-state index is 13.9. The van der Waals surface area contributed by atoms with Crippen LogP contribution in [0.25, 0.3) is 0 Å². The van der Waals surface area contributed by atoms with E-state index in [0.717, 1.165) is 5.56 Å². The molecule has 0 amide bonds. The molecule has 0 spiro atoms. The van der Waals surface area contributed by atoms with Crippen LogP contribution in [0.4, 0.5) is 8.78 Å². The Morgan fingerprint density at radius 1 is 1.14 bits per heavy atom. The van der Waals surface area contributed by atoms with Gasteiger partial charge in [0.25, 0.3) is 0 Å². The lowest BCUT2D eigenvalue weighted by Crippen LogP contribution is -2.19. The van der Waals surface area contributed by atoms with Gasteiger partial charge >= 0.3 is 0 Å². The van der Waals surface area contributed by atoms with E-state index < -0.39 is 5.82 Å². The summed E-state index contributed by atoms with van der Waals surface area (Å²) in [6.45, 7) is 0. The number of nitrogens with one attached hydrogen (secondary N) is 1. The summed E-state index contributed by atoms with van der Waals surface area (Å²) in [6.07, 6.45) is 0.425. The lowest BCUT2D eigenvalue weighted by atomic mass is 9.98. The van der Waals surface area contributed by atoms with Gasteiger partial charge in [-0.3, -0.25) is 0 Å². The first-order chi connectivity index (χ1) is 10.0. The molecule has 2 nitrogen and oxygen atoms in total. The van der Waals surface area contributed by atoms with Crippen molar-refractivity contribution >= 4 is 11.6 Å². The van der Waals surface area contributed by atoms with Gasteiger partial charge in [-0.05, 0) is 48.9 Å². The smallest absolute Gasteiger partial charge is 0.165 e. The SMILES string of the molecule is CNC(Cc1ccc(Cl)cc1F)c1ccc(F)c(OC)c1. The van der Waals surface area contributed by atoms with Crippen LogP contribution in [-0.2, 0) is 6.42 Å². The molecule has 0 aliphatic rings. The summed E-state index contributed by atoms with van der Waals surface area (Å²) in [7, 11) is 3.18. The number of rotatable bonds is 5. The second-order valence-corrected chi connectivity index (χ2v) is 5.11. The molecule has 1 unspecified atom stereocenters. The minimum absolute atomic E-state index is 0.157. The maximum atomic E-state index is 13.9. The van der Waals surface area contributed by atoms with Gasteiger partial charge in [-0.1, -0.05) is 23.7 Å². The lowest BCUT2D eigenvalue weighted by Gasteiger charge is -2.18. The molecule has 0 bridgehead atoms. The third-order valence-electron chi connectivity index (χ3n) is 3.37. The van der Waals surface area contributed by atoms with Gasteiger partial charge in [0.05, 0.1) is 7.11 Å². The molecule has 0 aliphatic heterocycles. The number of halogens is 3. The van der Waals surface area contributed by atoms with E-state index >= 15 is 0 Å². The second-order valence-electron chi connectivity index (χ2n) is 4.68. The van der Waals surface area contributed by atoms with Gasteiger partial charge in [-0.25, -0.2) is 8.78 Å². The number of ether oxygens (including phenoxy) is 1. The zero-order chi connectivity index (χ0) is 15.4. The third-order valence-corrected chi connectivity index (χ3v) is 3.60. The van der Waals surface area contributed by atoms with Crippen LogP contribution < -0.4 is 10.1 Å². The summed E-state index contributed by atoms with van der Waals surface area (Å²) in [5, 5.41) is 3.46. The second kappa shape index (κ2) is 6.87. The fourth-order valence-electron chi connectivity index (χ4n) is 2.19. The molecule has 21 heavy (non-hydrogen) atoms. The topological polar surface area (TPSA) is 21.3 Å².